The SMILES string of the molecule is Cc1ccc(NC2CCCC2c2ccccc2)cc1. The number of rotatable bonds is 3. The minimum absolute atomic E-state index is 0.574. The van der Waals surface area contributed by atoms with E-state index >= 15 is 0 Å². The molecular formula is C18H21N. The number of aryl methyl sites for hydroxylation is 1. The molecule has 0 spiro atoms. The zero-order chi connectivity index (χ0) is 13.1. The molecule has 0 aliphatic heterocycles. The Hall–Kier alpha value is -1.76. The van der Waals surface area contributed by atoms with E-state index in [1.165, 1.54) is 36.1 Å². The molecule has 2 unspecified atom stereocenters. The highest BCUT2D eigenvalue weighted by Crippen LogP contribution is 2.36. The van der Waals surface area contributed by atoms with Crippen LogP contribution < -0.4 is 5.32 Å². The summed E-state index contributed by atoms with van der Waals surface area (Å²) in [6.07, 6.45) is 3.89. The van der Waals surface area contributed by atoms with Crippen LogP contribution in [-0.4, -0.2) is 6.04 Å². The van der Waals surface area contributed by atoms with Gasteiger partial charge in [-0.15, -0.1) is 0 Å². The molecule has 0 saturated heterocycles. The summed E-state index contributed by atoms with van der Waals surface area (Å²) in [6.45, 7) is 2.13. The number of hydrogen-bond acceptors (Lipinski definition) is 1. The van der Waals surface area contributed by atoms with Crippen LogP contribution in [0, 0.1) is 6.92 Å². The number of hydrogen-bond donors (Lipinski definition) is 1. The van der Waals surface area contributed by atoms with Gasteiger partial charge in [0, 0.05) is 17.6 Å². The zero-order valence-corrected chi connectivity index (χ0v) is 11.5. The van der Waals surface area contributed by atoms with E-state index in [4.69, 9.17) is 0 Å². The quantitative estimate of drug-likeness (QED) is 0.830. The minimum Gasteiger partial charge on any atom is -0.382 e. The molecule has 1 saturated carbocycles. The first-order valence-electron chi connectivity index (χ1n) is 7.21. The maximum Gasteiger partial charge on any atom is 0.0342 e. The maximum absolute atomic E-state index is 3.72. The summed E-state index contributed by atoms with van der Waals surface area (Å²) in [5, 5.41) is 3.72. The second kappa shape index (κ2) is 5.48. The lowest BCUT2D eigenvalue weighted by molar-refractivity contribution is 0.650. The summed E-state index contributed by atoms with van der Waals surface area (Å²) >= 11 is 0. The third-order valence-electron chi connectivity index (χ3n) is 4.15. The lowest BCUT2D eigenvalue weighted by Gasteiger charge is -2.22. The van der Waals surface area contributed by atoms with Gasteiger partial charge in [-0.3, -0.25) is 0 Å². The van der Waals surface area contributed by atoms with Gasteiger partial charge in [-0.1, -0.05) is 54.4 Å². The molecule has 0 heterocycles. The van der Waals surface area contributed by atoms with Crippen LogP contribution in [-0.2, 0) is 0 Å². The van der Waals surface area contributed by atoms with Gasteiger partial charge in [0.05, 0.1) is 0 Å². The topological polar surface area (TPSA) is 12.0 Å². The van der Waals surface area contributed by atoms with Crippen LogP contribution in [0.1, 0.15) is 36.3 Å². The summed E-state index contributed by atoms with van der Waals surface area (Å²) in [7, 11) is 0. The van der Waals surface area contributed by atoms with Gasteiger partial charge in [-0.25, -0.2) is 0 Å². The molecule has 1 aliphatic carbocycles. The lowest BCUT2D eigenvalue weighted by Crippen LogP contribution is -2.22. The summed E-state index contributed by atoms with van der Waals surface area (Å²) < 4.78 is 0. The molecular weight excluding hydrogens is 230 g/mol. The molecule has 2 aromatic rings. The minimum atomic E-state index is 0.574. The largest absolute Gasteiger partial charge is 0.382 e. The molecule has 3 rings (SSSR count). The van der Waals surface area contributed by atoms with E-state index < -0.39 is 0 Å². The van der Waals surface area contributed by atoms with E-state index in [2.05, 4.69) is 66.8 Å². The van der Waals surface area contributed by atoms with Crippen LogP contribution in [0.25, 0.3) is 0 Å². The van der Waals surface area contributed by atoms with Crippen molar-refractivity contribution in [2.75, 3.05) is 5.32 Å². The second-order valence-electron chi connectivity index (χ2n) is 5.56. The fourth-order valence-electron chi connectivity index (χ4n) is 3.10. The van der Waals surface area contributed by atoms with Crippen molar-refractivity contribution in [2.24, 2.45) is 0 Å². The van der Waals surface area contributed by atoms with E-state index in [0.29, 0.717) is 12.0 Å². The molecule has 1 heteroatoms. The van der Waals surface area contributed by atoms with E-state index in [1.54, 1.807) is 0 Å². The highest BCUT2D eigenvalue weighted by atomic mass is 14.9. The maximum atomic E-state index is 3.72. The highest BCUT2D eigenvalue weighted by Gasteiger charge is 2.28. The van der Waals surface area contributed by atoms with Crippen LogP contribution in [0.4, 0.5) is 5.69 Å². The summed E-state index contributed by atoms with van der Waals surface area (Å²) in [4.78, 5) is 0. The van der Waals surface area contributed by atoms with Crippen LogP contribution in [0.3, 0.4) is 0 Å². The first kappa shape index (κ1) is 12.3. The Kier molecular flexibility index (Phi) is 3.54. The summed E-state index contributed by atoms with van der Waals surface area (Å²) in [6, 6.07) is 20.2. The van der Waals surface area contributed by atoms with Crippen LogP contribution >= 0.6 is 0 Å². The molecule has 0 bridgehead atoms. The molecule has 1 nitrogen and oxygen atoms in total. The Morgan fingerprint density at radius 3 is 2.37 bits per heavy atom. The zero-order valence-electron chi connectivity index (χ0n) is 11.5. The third kappa shape index (κ3) is 2.81. The van der Waals surface area contributed by atoms with E-state index in [-0.39, 0.29) is 0 Å². The van der Waals surface area contributed by atoms with Gasteiger partial charge in [0.15, 0.2) is 0 Å². The smallest absolute Gasteiger partial charge is 0.0342 e. The Morgan fingerprint density at radius 2 is 1.63 bits per heavy atom. The van der Waals surface area contributed by atoms with Crippen molar-refractivity contribution in [1.29, 1.82) is 0 Å². The molecule has 1 aliphatic rings. The lowest BCUT2D eigenvalue weighted by atomic mass is 9.94. The highest BCUT2D eigenvalue weighted by molar-refractivity contribution is 5.46. The molecule has 1 N–H and O–H groups in total. The number of anilines is 1. The van der Waals surface area contributed by atoms with Gasteiger partial charge in [0.2, 0.25) is 0 Å². The number of benzene rings is 2. The predicted octanol–water partition coefficient (Wildman–Crippen LogP) is 4.74. The number of nitrogens with one attached hydrogen (secondary N) is 1. The summed E-state index contributed by atoms with van der Waals surface area (Å²) in [5.74, 6) is 0.655. The Morgan fingerprint density at radius 1 is 0.895 bits per heavy atom. The molecule has 0 amide bonds. The molecule has 98 valence electrons. The first-order chi connectivity index (χ1) is 9.33. The van der Waals surface area contributed by atoms with Gasteiger partial charge in [0.1, 0.15) is 0 Å². The Balaban J connectivity index is 1.75. The van der Waals surface area contributed by atoms with Crippen molar-refractivity contribution >= 4 is 5.69 Å². The summed E-state index contributed by atoms with van der Waals surface area (Å²) in [5.41, 5.74) is 4.04. The predicted molar refractivity (Wildman–Crippen MR) is 81.6 cm³/mol. The normalized spacial score (nSPS) is 22.4. The van der Waals surface area contributed by atoms with E-state index in [1.807, 2.05) is 0 Å². The molecule has 1 fully saturated rings. The molecule has 19 heavy (non-hydrogen) atoms. The monoisotopic (exact) mass is 251 g/mol. The standard InChI is InChI=1S/C18H21N/c1-14-10-12-16(13-11-14)19-18-9-5-8-17(18)15-6-3-2-4-7-15/h2-4,6-7,10-13,17-19H,5,8-9H2,1H3. The van der Waals surface area contributed by atoms with Crippen molar-refractivity contribution in [1.82, 2.24) is 0 Å². The molecule has 0 radical (unpaired) electrons. The third-order valence-corrected chi connectivity index (χ3v) is 4.15. The van der Waals surface area contributed by atoms with Crippen molar-refractivity contribution < 1.29 is 0 Å². The first-order valence-corrected chi connectivity index (χ1v) is 7.21. The second-order valence-corrected chi connectivity index (χ2v) is 5.56. The Labute approximate surface area is 115 Å². The fourth-order valence-corrected chi connectivity index (χ4v) is 3.10. The van der Waals surface area contributed by atoms with Gasteiger partial charge in [-0.05, 0) is 37.5 Å². The molecule has 2 atom stereocenters. The van der Waals surface area contributed by atoms with Gasteiger partial charge in [0.25, 0.3) is 0 Å². The Bertz CT molecular complexity index is 515. The van der Waals surface area contributed by atoms with Gasteiger partial charge in [-0.2, -0.15) is 0 Å². The van der Waals surface area contributed by atoms with Gasteiger partial charge >= 0.3 is 0 Å². The van der Waals surface area contributed by atoms with Gasteiger partial charge < -0.3 is 5.32 Å². The van der Waals surface area contributed by atoms with Crippen molar-refractivity contribution in [3.63, 3.8) is 0 Å². The molecule has 2 aromatic carbocycles. The average Bonchev–Trinajstić information content (AvgIpc) is 2.90. The van der Waals surface area contributed by atoms with Crippen LogP contribution in [0.5, 0.6) is 0 Å². The average molecular weight is 251 g/mol. The van der Waals surface area contributed by atoms with Crippen molar-refractivity contribution in [3.8, 4) is 0 Å². The molecule has 0 aromatic heterocycles. The van der Waals surface area contributed by atoms with Crippen LogP contribution in [0.15, 0.2) is 54.6 Å². The fraction of sp³-hybridized carbons (Fsp3) is 0.333. The van der Waals surface area contributed by atoms with E-state index in [9.17, 15) is 0 Å². The van der Waals surface area contributed by atoms with Crippen molar-refractivity contribution in [2.45, 2.75) is 38.1 Å². The van der Waals surface area contributed by atoms with Crippen LogP contribution in [0.2, 0.25) is 0 Å². The van der Waals surface area contributed by atoms with Crippen molar-refractivity contribution in [3.05, 3.63) is 65.7 Å². The van der Waals surface area contributed by atoms with E-state index in [0.717, 1.165) is 0 Å².